The minimum Gasteiger partial charge on any atom is -0.459 e. The van der Waals surface area contributed by atoms with Gasteiger partial charge in [0.25, 0.3) is 5.91 Å². The molecule has 2 aromatic rings. The number of nitrogens with zero attached hydrogens (tertiary/aromatic N) is 2. The first kappa shape index (κ1) is 17.0. The zero-order chi connectivity index (χ0) is 17.5. The quantitative estimate of drug-likeness (QED) is 0.842. The maximum Gasteiger partial charge on any atom is 0.286 e. The highest BCUT2D eigenvalue weighted by Gasteiger charge is 2.12. The molecule has 0 unspecified atom stereocenters. The third-order valence-electron chi connectivity index (χ3n) is 4.09. The predicted octanol–water partition coefficient (Wildman–Crippen LogP) is 2.42. The number of carbonyl (C=O) groups excluding carboxylic acids is 2. The van der Waals surface area contributed by atoms with E-state index in [1.165, 1.54) is 25.5 Å². The molecule has 3 heterocycles. The van der Waals surface area contributed by atoms with Crippen molar-refractivity contribution in [2.45, 2.75) is 25.7 Å². The van der Waals surface area contributed by atoms with Crippen LogP contribution in [0.5, 0.6) is 0 Å². The molecule has 1 saturated heterocycles. The number of rotatable bonds is 6. The first-order chi connectivity index (χ1) is 12.2. The Balaban J connectivity index is 1.42. The van der Waals surface area contributed by atoms with Gasteiger partial charge in [-0.25, -0.2) is 4.98 Å². The SMILES string of the molecule is O=C(CCNC(=O)c1ccco1)Nc1ccc(N2CCCCC2)nc1. The molecular weight excluding hydrogens is 320 g/mol. The molecule has 0 spiro atoms. The third-order valence-corrected chi connectivity index (χ3v) is 4.09. The van der Waals surface area contributed by atoms with Crippen LogP contribution in [0.15, 0.2) is 41.1 Å². The molecular formula is C18H22N4O3. The van der Waals surface area contributed by atoms with Crippen molar-refractivity contribution in [2.75, 3.05) is 29.9 Å². The van der Waals surface area contributed by atoms with E-state index in [1.54, 1.807) is 18.3 Å². The van der Waals surface area contributed by atoms with Crippen molar-refractivity contribution in [3.8, 4) is 0 Å². The second-order valence-electron chi connectivity index (χ2n) is 5.98. The monoisotopic (exact) mass is 342 g/mol. The number of hydrogen-bond donors (Lipinski definition) is 2. The van der Waals surface area contributed by atoms with Crippen LogP contribution in [0.1, 0.15) is 36.2 Å². The van der Waals surface area contributed by atoms with E-state index in [1.807, 2.05) is 12.1 Å². The Morgan fingerprint density at radius 2 is 2.00 bits per heavy atom. The zero-order valence-electron chi connectivity index (χ0n) is 14.0. The van der Waals surface area contributed by atoms with Crippen LogP contribution in [0.3, 0.4) is 0 Å². The van der Waals surface area contributed by atoms with Gasteiger partial charge in [0.2, 0.25) is 5.91 Å². The van der Waals surface area contributed by atoms with Crippen molar-refractivity contribution >= 4 is 23.3 Å². The summed E-state index contributed by atoms with van der Waals surface area (Å²) in [6.45, 7) is 2.31. The summed E-state index contributed by atoms with van der Waals surface area (Å²) >= 11 is 0. The molecule has 0 saturated carbocycles. The second kappa shape index (κ2) is 8.32. The van der Waals surface area contributed by atoms with Gasteiger partial charge in [0, 0.05) is 26.1 Å². The van der Waals surface area contributed by atoms with Crippen LogP contribution in [0.4, 0.5) is 11.5 Å². The molecule has 1 aliphatic heterocycles. The van der Waals surface area contributed by atoms with Crippen molar-refractivity contribution in [2.24, 2.45) is 0 Å². The van der Waals surface area contributed by atoms with E-state index >= 15 is 0 Å². The van der Waals surface area contributed by atoms with Crippen molar-refractivity contribution in [1.29, 1.82) is 0 Å². The highest BCUT2D eigenvalue weighted by molar-refractivity contribution is 5.93. The van der Waals surface area contributed by atoms with Gasteiger partial charge in [-0.2, -0.15) is 0 Å². The molecule has 0 aromatic carbocycles. The van der Waals surface area contributed by atoms with Crippen LogP contribution in [0.2, 0.25) is 0 Å². The molecule has 132 valence electrons. The van der Waals surface area contributed by atoms with Crippen molar-refractivity contribution in [1.82, 2.24) is 10.3 Å². The second-order valence-corrected chi connectivity index (χ2v) is 5.98. The number of pyridine rings is 1. The van der Waals surface area contributed by atoms with Crippen LogP contribution in [-0.4, -0.2) is 36.4 Å². The fourth-order valence-corrected chi connectivity index (χ4v) is 2.78. The molecule has 7 heteroatoms. The lowest BCUT2D eigenvalue weighted by molar-refractivity contribution is -0.116. The summed E-state index contributed by atoms with van der Waals surface area (Å²) in [5, 5.41) is 5.42. The molecule has 0 aliphatic carbocycles. The summed E-state index contributed by atoms with van der Waals surface area (Å²) in [5.41, 5.74) is 0.656. The largest absolute Gasteiger partial charge is 0.459 e. The molecule has 2 N–H and O–H groups in total. The molecule has 1 fully saturated rings. The van der Waals surface area contributed by atoms with E-state index < -0.39 is 0 Å². The Labute approximate surface area is 146 Å². The van der Waals surface area contributed by atoms with E-state index in [-0.39, 0.29) is 30.5 Å². The Kier molecular flexibility index (Phi) is 5.66. The first-order valence-corrected chi connectivity index (χ1v) is 8.55. The van der Waals surface area contributed by atoms with Gasteiger partial charge in [0.1, 0.15) is 5.82 Å². The van der Waals surface area contributed by atoms with Gasteiger partial charge in [-0.1, -0.05) is 0 Å². The maximum absolute atomic E-state index is 11.9. The number of amides is 2. The van der Waals surface area contributed by atoms with Gasteiger partial charge in [-0.15, -0.1) is 0 Å². The van der Waals surface area contributed by atoms with Crippen LogP contribution in [0, 0.1) is 0 Å². The Bertz CT molecular complexity index is 692. The molecule has 2 aromatic heterocycles. The van der Waals surface area contributed by atoms with Crippen LogP contribution < -0.4 is 15.5 Å². The summed E-state index contributed by atoms with van der Waals surface area (Å²) in [6, 6.07) is 7.00. The van der Waals surface area contributed by atoms with Crippen molar-refractivity contribution < 1.29 is 14.0 Å². The average Bonchev–Trinajstić information content (AvgIpc) is 3.18. The van der Waals surface area contributed by atoms with Crippen molar-refractivity contribution in [3.63, 3.8) is 0 Å². The van der Waals surface area contributed by atoms with Crippen LogP contribution in [-0.2, 0) is 4.79 Å². The number of anilines is 2. The van der Waals surface area contributed by atoms with Gasteiger partial charge in [0.15, 0.2) is 5.76 Å². The number of carbonyl (C=O) groups is 2. The molecule has 0 radical (unpaired) electrons. The standard InChI is InChI=1S/C18H22N4O3/c23-17(8-9-19-18(24)15-5-4-12-25-15)21-14-6-7-16(20-13-14)22-10-2-1-3-11-22/h4-7,12-13H,1-3,8-11H2,(H,19,24)(H,21,23). The summed E-state index contributed by atoms with van der Waals surface area (Å²) in [4.78, 5) is 30.3. The first-order valence-electron chi connectivity index (χ1n) is 8.55. The van der Waals surface area contributed by atoms with E-state index in [4.69, 9.17) is 4.42 Å². The predicted molar refractivity (Wildman–Crippen MR) is 94.6 cm³/mol. The molecule has 7 nitrogen and oxygen atoms in total. The lowest BCUT2D eigenvalue weighted by atomic mass is 10.1. The fourth-order valence-electron chi connectivity index (χ4n) is 2.78. The van der Waals surface area contributed by atoms with Crippen LogP contribution >= 0.6 is 0 Å². The van der Waals surface area contributed by atoms with Gasteiger partial charge in [-0.3, -0.25) is 9.59 Å². The smallest absolute Gasteiger partial charge is 0.286 e. The summed E-state index contributed by atoms with van der Waals surface area (Å²) in [7, 11) is 0. The van der Waals surface area contributed by atoms with E-state index in [9.17, 15) is 9.59 Å². The normalized spacial score (nSPS) is 14.2. The number of aromatic nitrogens is 1. The molecule has 0 bridgehead atoms. The zero-order valence-corrected chi connectivity index (χ0v) is 14.0. The van der Waals surface area contributed by atoms with Gasteiger partial charge >= 0.3 is 0 Å². The number of furan rings is 1. The lowest BCUT2D eigenvalue weighted by Crippen LogP contribution is -2.30. The Morgan fingerprint density at radius 3 is 2.68 bits per heavy atom. The molecule has 1 aliphatic rings. The summed E-state index contributed by atoms with van der Waals surface area (Å²) < 4.78 is 4.98. The van der Waals surface area contributed by atoms with Gasteiger partial charge in [0.05, 0.1) is 18.1 Å². The summed E-state index contributed by atoms with van der Waals surface area (Å²) in [5.74, 6) is 0.680. The van der Waals surface area contributed by atoms with Gasteiger partial charge in [-0.05, 0) is 43.5 Å². The third kappa shape index (κ3) is 4.82. The van der Waals surface area contributed by atoms with Crippen molar-refractivity contribution in [3.05, 3.63) is 42.5 Å². The van der Waals surface area contributed by atoms with E-state index in [0.717, 1.165) is 18.9 Å². The molecule has 2 amide bonds. The minimum atomic E-state index is -0.328. The molecule has 0 atom stereocenters. The van der Waals surface area contributed by atoms with E-state index in [0.29, 0.717) is 5.69 Å². The number of piperidine rings is 1. The topological polar surface area (TPSA) is 87.5 Å². The molecule has 25 heavy (non-hydrogen) atoms. The Hall–Kier alpha value is -2.83. The number of hydrogen-bond acceptors (Lipinski definition) is 5. The highest BCUT2D eigenvalue weighted by Crippen LogP contribution is 2.18. The Morgan fingerprint density at radius 1 is 1.16 bits per heavy atom. The van der Waals surface area contributed by atoms with E-state index in [2.05, 4.69) is 20.5 Å². The van der Waals surface area contributed by atoms with Crippen LogP contribution in [0.25, 0.3) is 0 Å². The highest BCUT2D eigenvalue weighted by atomic mass is 16.3. The number of nitrogens with one attached hydrogen (secondary N) is 2. The average molecular weight is 342 g/mol. The van der Waals surface area contributed by atoms with Gasteiger partial charge < -0.3 is 20.0 Å². The maximum atomic E-state index is 11.9. The fraction of sp³-hybridized carbons (Fsp3) is 0.389. The lowest BCUT2D eigenvalue weighted by Gasteiger charge is -2.27. The minimum absolute atomic E-state index is 0.174. The summed E-state index contributed by atoms with van der Waals surface area (Å²) in [6.07, 6.45) is 6.96. The molecule has 3 rings (SSSR count).